The van der Waals surface area contributed by atoms with E-state index in [-0.39, 0.29) is 0 Å². The number of carboxylic acids is 1. The molecule has 3 aromatic rings. The molecule has 0 radical (unpaired) electrons. The molecule has 3 rings (SSSR count). The Balaban J connectivity index is 1.86. The highest BCUT2D eigenvalue weighted by molar-refractivity contribution is 7.12. The van der Waals surface area contributed by atoms with E-state index in [1.165, 1.54) is 11.3 Å². The van der Waals surface area contributed by atoms with Crippen LogP contribution in [0, 0.1) is 6.92 Å². The first-order valence-electron chi connectivity index (χ1n) is 7.61. The number of ether oxygens (including phenoxy) is 1. The van der Waals surface area contributed by atoms with Crippen LogP contribution >= 0.6 is 11.3 Å². The highest BCUT2D eigenvalue weighted by Crippen LogP contribution is 2.28. The van der Waals surface area contributed by atoms with E-state index in [1.54, 1.807) is 24.7 Å². The van der Waals surface area contributed by atoms with Gasteiger partial charge in [-0.2, -0.15) is 0 Å². The lowest BCUT2D eigenvalue weighted by atomic mass is 10.1. The van der Waals surface area contributed by atoms with Crippen molar-refractivity contribution in [2.24, 2.45) is 0 Å². The van der Waals surface area contributed by atoms with Crippen LogP contribution in [0.2, 0.25) is 0 Å². The number of aromatic nitrogens is 2. The molecule has 0 spiro atoms. The first-order chi connectivity index (χ1) is 12.1. The molecule has 0 fully saturated rings. The first kappa shape index (κ1) is 16.9. The molecule has 0 saturated carbocycles. The summed E-state index contributed by atoms with van der Waals surface area (Å²) >= 11 is 1.44. The summed E-state index contributed by atoms with van der Waals surface area (Å²) in [5.74, 6) is -0.454. The molecule has 1 N–H and O–H groups in total. The average molecular weight is 352 g/mol. The van der Waals surface area contributed by atoms with Crippen molar-refractivity contribution in [3.05, 3.63) is 82.1 Å². The van der Waals surface area contributed by atoms with Crippen molar-refractivity contribution in [3.63, 3.8) is 0 Å². The Bertz CT molecular complexity index is 904. The minimum absolute atomic E-state index is 0.417. The van der Waals surface area contributed by atoms with Gasteiger partial charge in [-0.1, -0.05) is 30.3 Å². The summed E-state index contributed by atoms with van der Waals surface area (Å²) in [5, 5.41) is 9.82. The summed E-state index contributed by atoms with van der Waals surface area (Å²) in [7, 11) is 0. The second kappa shape index (κ2) is 7.72. The van der Waals surface area contributed by atoms with Gasteiger partial charge in [-0.3, -0.25) is 4.98 Å². The van der Waals surface area contributed by atoms with E-state index in [1.807, 2.05) is 37.3 Å². The number of aryl methyl sites for hydroxylation is 1. The van der Waals surface area contributed by atoms with Gasteiger partial charge in [0.1, 0.15) is 17.4 Å². The summed E-state index contributed by atoms with van der Waals surface area (Å²) in [6.45, 7) is 2.34. The molecule has 2 heterocycles. The predicted molar refractivity (Wildman–Crippen MR) is 96.6 cm³/mol. The van der Waals surface area contributed by atoms with Crippen molar-refractivity contribution in [2.45, 2.75) is 13.5 Å². The zero-order valence-corrected chi connectivity index (χ0v) is 14.4. The van der Waals surface area contributed by atoms with E-state index in [2.05, 4.69) is 9.97 Å². The molecular weight excluding hydrogens is 336 g/mol. The van der Waals surface area contributed by atoms with Gasteiger partial charge in [0.05, 0.1) is 6.20 Å². The van der Waals surface area contributed by atoms with Crippen LogP contribution < -0.4 is 4.74 Å². The third-order valence-electron chi connectivity index (χ3n) is 3.39. The molecule has 0 aliphatic heterocycles. The maximum Gasteiger partial charge on any atom is 0.329 e. The van der Waals surface area contributed by atoms with Crippen molar-refractivity contribution < 1.29 is 14.6 Å². The van der Waals surface area contributed by atoms with Crippen molar-refractivity contribution in [3.8, 4) is 5.75 Å². The molecule has 5 nitrogen and oxygen atoms in total. The summed E-state index contributed by atoms with van der Waals surface area (Å²) in [6, 6.07) is 11.6. The average Bonchev–Trinajstić information content (AvgIpc) is 3.05. The van der Waals surface area contributed by atoms with Crippen LogP contribution in [-0.4, -0.2) is 21.0 Å². The summed E-state index contributed by atoms with van der Waals surface area (Å²) < 4.78 is 5.77. The number of carbonyl (C=O) groups is 1. The molecule has 6 heteroatoms. The van der Waals surface area contributed by atoms with Crippen LogP contribution in [0.1, 0.15) is 21.0 Å². The van der Waals surface area contributed by atoms with Gasteiger partial charge in [-0.15, -0.1) is 11.3 Å². The van der Waals surface area contributed by atoms with Gasteiger partial charge in [-0.05, 0) is 18.6 Å². The van der Waals surface area contributed by atoms with Crippen molar-refractivity contribution in [1.82, 2.24) is 9.97 Å². The smallest absolute Gasteiger partial charge is 0.329 e. The molecule has 0 aliphatic carbocycles. The largest absolute Gasteiger partial charge is 0.487 e. The fourth-order valence-corrected chi connectivity index (χ4v) is 3.06. The van der Waals surface area contributed by atoms with Crippen molar-refractivity contribution >= 4 is 22.9 Å². The Kier molecular flexibility index (Phi) is 5.20. The van der Waals surface area contributed by atoms with Crippen LogP contribution in [-0.2, 0) is 11.4 Å². The number of hydrogen-bond donors (Lipinski definition) is 1. The molecule has 0 bridgehead atoms. The summed E-state index contributed by atoms with van der Waals surface area (Å²) in [5.41, 5.74) is 2.22. The second-order valence-electron chi connectivity index (χ2n) is 5.36. The van der Waals surface area contributed by atoms with Crippen molar-refractivity contribution in [1.29, 1.82) is 0 Å². The minimum Gasteiger partial charge on any atom is -0.487 e. The van der Waals surface area contributed by atoms with Crippen LogP contribution in [0.3, 0.4) is 0 Å². The van der Waals surface area contributed by atoms with E-state index in [9.17, 15) is 9.90 Å². The van der Waals surface area contributed by atoms with E-state index < -0.39 is 5.97 Å². The number of aliphatic carboxylic acids is 1. The maximum atomic E-state index is 11.2. The zero-order valence-electron chi connectivity index (χ0n) is 13.5. The number of nitrogens with zero attached hydrogens (tertiary/aromatic N) is 2. The van der Waals surface area contributed by atoms with Gasteiger partial charge in [0.25, 0.3) is 0 Å². The highest BCUT2D eigenvalue weighted by Gasteiger charge is 2.12. The predicted octanol–water partition coefficient (Wildman–Crippen LogP) is 3.94. The Morgan fingerprint density at radius 2 is 2.04 bits per heavy atom. The third-order valence-corrected chi connectivity index (χ3v) is 4.34. The molecule has 0 unspecified atom stereocenters. The number of hydrogen-bond acceptors (Lipinski definition) is 5. The standard InChI is InChI=1S/C19H16N2O3S/c1-13-9-21-19(25-13)17(8-18(22)23)15-7-16(11-20-10-15)24-12-14-5-3-2-4-6-14/h2-11H,12H2,1H3,(H,22,23)/b17-8-. The Morgan fingerprint density at radius 1 is 1.24 bits per heavy atom. The van der Waals surface area contributed by atoms with Gasteiger partial charge in [0.2, 0.25) is 0 Å². The lowest BCUT2D eigenvalue weighted by Gasteiger charge is -2.09. The second-order valence-corrected chi connectivity index (χ2v) is 6.59. The van der Waals surface area contributed by atoms with E-state index in [0.29, 0.717) is 28.5 Å². The molecular formula is C19H16N2O3S. The number of carboxylic acid groups (broad SMARTS) is 1. The third kappa shape index (κ3) is 4.51. The SMILES string of the molecule is Cc1cnc(/C(=C\C(=O)O)c2cncc(OCc3ccccc3)c2)s1. The highest BCUT2D eigenvalue weighted by atomic mass is 32.1. The number of rotatable bonds is 6. The molecule has 0 amide bonds. The van der Waals surface area contributed by atoms with Crippen LogP contribution in [0.4, 0.5) is 0 Å². The lowest BCUT2D eigenvalue weighted by molar-refractivity contribution is -0.131. The Morgan fingerprint density at radius 3 is 2.72 bits per heavy atom. The summed E-state index contributed by atoms with van der Waals surface area (Å²) in [6.07, 6.45) is 6.09. The van der Waals surface area contributed by atoms with Gasteiger partial charge >= 0.3 is 5.97 Å². The number of pyridine rings is 1. The van der Waals surface area contributed by atoms with E-state index in [0.717, 1.165) is 16.5 Å². The van der Waals surface area contributed by atoms with Gasteiger partial charge in [0.15, 0.2) is 0 Å². The van der Waals surface area contributed by atoms with E-state index >= 15 is 0 Å². The molecule has 25 heavy (non-hydrogen) atoms. The van der Waals surface area contributed by atoms with E-state index in [4.69, 9.17) is 4.74 Å². The first-order valence-corrected chi connectivity index (χ1v) is 8.43. The summed E-state index contributed by atoms with van der Waals surface area (Å²) in [4.78, 5) is 20.7. The Labute approximate surface area is 149 Å². The zero-order chi connectivity index (χ0) is 17.6. The van der Waals surface area contributed by atoms with Gasteiger partial charge in [-0.25, -0.2) is 9.78 Å². The quantitative estimate of drug-likeness (QED) is 0.680. The molecule has 0 saturated heterocycles. The van der Waals surface area contributed by atoms with Gasteiger partial charge < -0.3 is 9.84 Å². The number of benzene rings is 1. The fraction of sp³-hybridized carbons (Fsp3) is 0.105. The van der Waals surface area contributed by atoms with Crippen LogP contribution in [0.25, 0.3) is 5.57 Å². The molecule has 1 aromatic carbocycles. The molecule has 2 aromatic heterocycles. The van der Waals surface area contributed by atoms with Crippen LogP contribution in [0.15, 0.2) is 61.1 Å². The van der Waals surface area contributed by atoms with Crippen LogP contribution in [0.5, 0.6) is 5.75 Å². The number of thiazole rings is 1. The minimum atomic E-state index is -1.03. The fourth-order valence-electron chi connectivity index (χ4n) is 2.26. The Hall–Kier alpha value is -2.99. The molecule has 0 aliphatic rings. The van der Waals surface area contributed by atoms with Crippen molar-refractivity contribution in [2.75, 3.05) is 0 Å². The monoisotopic (exact) mass is 352 g/mol. The lowest BCUT2D eigenvalue weighted by Crippen LogP contribution is -1.98. The topological polar surface area (TPSA) is 72.3 Å². The molecule has 126 valence electrons. The molecule has 0 atom stereocenters. The van der Waals surface area contributed by atoms with Gasteiger partial charge in [0, 0.05) is 34.5 Å². The maximum absolute atomic E-state index is 11.2. The normalized spacial score (nSPS) is 11.3.